The minimum absolute atomic E-state index is 0.0123. The van der Waals surface area contributed by atoms with Gasteiger partial charge in [-0.25, -0.2) is 9.78 Å². The predicted octanol–water partition coefficient (Wildman–Crippen LogP) is 4.33. The van der Waals surface area contributed by atoms with Crippen molar-refractivity contribution in [3.63, 3.8) is 0 Å². The summed E-state index contributed by atoms with van der Waals surface area (Å²) in [5.74, 6) is -1.04. The van der Waals surface area contributed by atoms with Gasteiger partial charge in [-0.3, -0.25) is 9.69 Å². The first-order valence-corrected chi connectivity index (χ1v) is 12.6. The molecular weight excluding hydrogens is 532 g/mol. The number of hydrogen-bond donors (Lipinski definition) is 1. The standard InChI is InChI=1S/C25H23BrN4O4S/c1-5-34-25(32)21-18-11-35-23-19(12(2)8-13(3)29-23)24(31)30(18)22(28)16(10-27)20(21)15-7-6-14(33-4)9-17(15)26/h6-9,20H,5,11,28H2,1-4H3. The molecule has 1 aromatic heterocycles. The smallest absolute Gasteiger partial charge is 0.336 e. The molecule has 0 radical (unpaired) electrons. The van der Waals surface area contributed by atoms with Gasteiger partial charge in [0.15, 0.2) is 0 Å². The first-order valence-electron chi connectivity index (χ1n) is 10.8. The van der Waals surface area contributed by atoms with Crippen molar-refractivity contribution in [3.8, 4) is 11.8 Å². The zero-order chi connectivity index (χ0) is 25.4. The topological polar surface area (TPSA) is 119 Å². The Hall–Kier alpha value is -3.29. The number of halogens is 1. The van der Waals surface area contributed by atoms with Crippen LogP contribution in [0.15, 0.2) is 56.4 Å². The fourth-order valence-electron chi connectivity index (χ4n) is 4.38. The number of pyridine rings is 1. The number of amides is 1. The Bertz CT molecular complexity index is 1360. The maximum Gasteiger partial charge on any atom is 0.336 e. The van der Waals surface area contributed by atoms with Crippen LogP contribution in [0.5, 0.6) is 5.75 Å². The van der Waals surface area contributed by atoms with Crippen LogP contribution < -0.4 is 10.5 Å². The van der Waals surface area contributed by atoms with Crippen LogP contribution in [0.4, 0.5) is 0 Å². The molecule has 1 aromatic carbocycles. The Kier molecular flexibility index (Phi) is 6.92. The molecule has 1 unspecified atom stereocenters. The van der Waals surface area contributed by atoms with Crippen molar-refractivity contribution in [3.05, 3.63) is 73.8 Å². The van der Waals surface area contributed by atoms with E-state index in [0.717, 1.165) is 11.3 Å². The Balaban J connectivity index is 2.01. The summed E-state index contributed by atoms with van der Waals surface area (Å²) in [6.45, 7) is 5.53. The number of carbonyl (C=O) groups excluding carboxylic acids is 2. The Morgan fingerprint density at radius 2 is 2.11 bits per heavy atom. The van der Waals surface area contributed by atoms with E-state index in [2.05, 4.69) is 27.0 Å². The first-order chi connectivity index (χ1) is 16.7. The maximum atomic E-state index is 13.8. The largest absolute Gasteiger partial charge is 0.497 e. The monoisotopic (exact) mass is 554 g/mol. The lowest BCUT2D eigenvalue weighted by atomic mass is 9.81. The molecule has 0 spiro atoms. The van der Waals surface area contributed by atoms with Crippen LogP contribution in [-0.4, -0.2) is 41.2 Å². The molecule has 1 amide bonds. The zero-order valence-corrected chi connectivity index (χ0v) is 22.0. The zero-order valence-electron chi connectivity index (χ0n) is 19.6. The summed E-state index contributed by atoms with van der Waals surface area (Å²) in [4.78, 5) is 33.1. The van der Waals surface area contributed by atoms with Gasteiger partial charge in [-0.15, -0.1) is 0 Å². The molecule has 35 heavy (non-hydrogen) atoms. The third-order valence-electron chi connectivity index (χ3n) is 5.88. The van der Waals surface area contributed by atoms with E-state index in [-0.39, 0.29) is 29.3 Å². The number of nitrogens with two attached hydrogens (primary N) is 1. The van der Waals surface area contributed by atoms with E-state index in [1.165, 1.54) is 16.7 Å². The van der Waals surface area contributed by atoms with Crippen molar-refractivity contribution >= 4 is 39.6 Å². The highest BCUT2D eigenvalue weighted by Gasteiger charge is 2.44. The minimum Gasteiger partial charge on any atom is -0.497 e. The van der Waals surface area contributed by atoms with Gasteiger partial charge in [-0.1, -0.05) is 33.8 Å². The van der Waals surface area contributed by atoms with Crippen molar-refractivity contribution in [1.29, 1.82) is 5.26 Å². The van der Waals surface area contributed by atoms with E-state index in [9.17, 15) is 14.9 Å². The van der Waals surface area contributed by atoms with Gasteiger partial charge < -0.3 is 15.2 Å². The number of nitriles is 1. The lowest BCUT2D eigenvalue weighted by Crippen LogP contribution is -2.41. The van der Waals surface area contributed by atoms with Gasteiger partial charge >= 0.3 is 5.97 Å². The highest BCUT2D eigenvalue weighted by atomic mass is 79.9. The van der Waals surface area contributed by atoms with Crippen LogP contribution in [0.3, 0.4) is 0 Å². The van der Waals surface area contributed by atoms with Gasteiger partial charge in [0.05, 0.1) is 42.4 Å². The number of ether oxygens (including phenoxy) is 2. The van der Waals surface area contributed by atoms with E-state index < -0.39 is 17.8 Å². The van der Waals surface area contributed by atoms with E-state index in [4.69, 9.17) is 15.2 Å². The van der Waals surface area contributed by atoms with Gasteiger partial charge in [0.2, 0.25) is 0 Å². The van der Waals surface area contributed by atoms with Gasteiger partial charge in [0, 0.05) is 21.6 Å². The van der Waals surface area contributed by atoms with Crippen molar-refractivity contribution < 1.29 is 19.1 Å². The van der Waals surface area contributed by atoms with E-state index in [0.29, 0.717) is 32.1 Å². The van der Waals surface area contributed by atoms with Gasteiger partial charge in [-0.2, -0.15) is 5.26 Å². The van der Waals surface area contributed by atoms with Crippen LogP contribution in [0.25, 0.3) is 0 Å². The molecule has 8 nitrogen and oxygen atoms in total. The molecule has 0 bridgehead atoms. The van der Waals surface area contributed by atoms with Crippen LogP contribution in [0.2, 0.25) is 0 Å². The van der Waals surface area contributed by atoms with Crippen molar-refractivity contribution in [1.82, 2.24) is 9.88 Å². The van der Waals surface area contributed by atoms with Gasteiger partial charge in [0.25, 0.3) is 5.91 Å². The predicted molar refractivity (Wildman–Crippen MR) is 135 cm³/mol. The molecule has 10 heteroatoms. The quantitative estimate of drug-likeness (QED) is 0.554. The number of methoxy groups -OCH3 is 1. The Morgan fingerprint density at radius 3 is 2.74 bits per heavy atom. The molecule has 0 aliphatic carbocycles. The lowest BCUT2D eigenvalue weighted by Gasteiger charge is -2.35. The summed E-state index contributed by atoms with van der Waals surface area (Å²) in [5.41, 5.74) is 9.75. The molecule has 0 saturated heterocycles. The minimum atomic E-state index is -0.837. The van der Waals surface area contributed by atoms with Gasteiger partial charge in [-0.05, 0) is 50.1 Å². The number of thioether (sulfide) groups is 1. The number of rotatable bonds is 4. The fourth-order valence-corrected chi connectivity index (χ4v) is 6.13. The Morgan fingerprint density at radius 1 is 1.37 bits per heavy atom. The SMILES string of the molecule is CCOC(=O)C1=C2CSc3nc(C)cc(C)c3C(=O)N2C(N)=C(C#N)C1c1ccc(OC)cc1Br. The molecule has 2 aromatic rings. The second kappa shape index (κ2) is 9.76. The second-order valence-corrected chi connectivity index (χ2v) is 9.82. The molecular formula is C25H23BrN4O4S. The number of carbonyl (C=O) groups is 2. The third kappa shape index (κ3) is 4.19. The Labute approximate surface area is 215 Å². The number of esters is 1. The van der Waals surface area contributed by atoms with Crippen molar-refractivity contribution in [2.75, 3.05) is 19.5 Å². The van der Waals surface area contributed by atoms with E-state index in [1.54, 1.807) is 32.2 Å². The summed E-state index contributed by atoms with van der Waals surface area (Å²) in [6, 6.07) is 9.23. The number of nitrogens with zero attached hydrogens (tertiary/aromatic N) is 3. The van der Waals surface area contributed by atoms with E-state index in [1.807, 2.05) is 19.9 Å². The maximum absolute atomic E-state index is 13.8. The molecule has 3 heterocycles. The summed E-state index contributed by atoms with van der Waals surface area (Å²) >= 11 is 4.90. The van der Waals surface area contributed by atoms with Gasteiger partial charge in [0.1, 0.15) is 16.6 Å². The molecule has 0 saturated carbocycles. The second-order valence-electron chi connectivity index (χ2n) is 8.00. The molecule has 4 rings (SSSR count). The molecule has 0 fully saturated rings. The molecule has 1 atom stereocenters. The van der Waals surface area contributed by atoms with Crippen LogP contribution in [0, 0.1) is 25.2 Å². The number of aryl methyl sites for hydroxylation is 2. The number of fused-ring (bicyclic) bond motifs is 2. The summed E-state index contributed by atoms with van der Waals surface area (Å²) in [7, 11) is 1.55. The molecule has 2 aliphatic heterocycles. The highest BCUT2D eigenvalue weighted by Crippen LogP contribution is 2.47. The van der Waals surface area contributed by atoms with Crippen LogP contribution >= 0.6 is 27.7 Å². The number of hydrogen-bond acceptors (Lipinski definition) is 8. The molecule has 180 valence electrons. The van der Waals surface area contributed by atoms with E-state index >= 15 is 0 Å². The normalized spacial score (nSPS) is 17.4. The van der Waals surface area contributed by atoms with Crippen LogP contribution in [-0.2, 0) is 9.53 Å². The average molecular weight is 555 g/mol. The molecule has 2 aliphatic rings. The highest BCUT2D eigenvalue weighted by molar-refractivity contribution is 9.10. The number of aromatic nitrogens is 1. The average Bonchev–Trinajstić information content (AvgIpc) is 2.95. The first kappa shape index (κ1) is 24.8. The molecule has 2 N–H and O–H groups in total. The summed E-state index contributed by atoms with van der Waals surface area (Å²) in [5, 5.41) is 10.8. The van der Waals surface area contributed by atoms with Crippen molar-refractivity contribution in [2.24, 2.45) is 5.73 Å². The van der Waals surface area contributed by atoms with Crippen molar-refractivity contribution in [2.45, 2.75) is 31.7 Å². The third-order valence-corrected chi connectivity index (χ3v) is 7.56. The lowest BCUT2D eigenvalue weighted by molar-refractivity contribution is -0.138. The number of benzene rings is 1. The fraction of sp³-hybridized carbons (Fsp3) is 0.280. The summed E-state index contributed by atoms with van der Waals surface area (Å²) < 4.78 is 11.3. The summed E-state index contributed by atoms with van der Waals surface area (Å²) in [6.07, 6.45) is 0. The number of allylic oxidation sites excluding steroid dienone is 1. The van der Waals surface area contributed by atoms with Crippen LogP contribution in [0.1, 0.15) is 40.0 Å².